The predicted molar refractivity (Wildman–Crippen MR) is 68.4 cm³/mol. The number of carboxylic acid groups (broad SMARTS) is 1. The van der Waals surface area contributed by atoms with E-state index in [9.17, 15) is 9.59 Å². The van der Waals surface area contributed by atoms with Crippen LogP contribution in [0.15, 0.2) is 22.4 Å². The third-order valence-electron chi connectivity index (χ3n) is 2.55. The van der Waals surface area contributed by atoms with Crippen LogP contribution in [0.2, 0.25) is 0 Å². The molecule has 2 aromatic rings. The van der Waals surface area contributed by atoms with Crippen LogP contribution in [0.1, 0.15) is 26.8 Å². The molecule has 5 nitrogen and oxygen atoms in total. The largest absolute Gasteiger partial charge is 0.477 e. The molecule has 0 atom stereocenters. The summed E-state index contributed by atoms with van der Waals surface area (Å²) in [5.41, 5.74) is 0.977. The molecule has 94 valence electrons. The minimum absolute atomic E-state index is 0.214. The predicted octanol–water partition coefficient (Wildman–Crippen LogP) is 1.67. The van der Waals surface area contributed by atoms with E-state index in [1.54, 1.807) is 11.5 Å². The fraction of sp³-hybridized carbons (Fsp3) is 0.250. The van der Waals surface area contributed by atoms with Gasteiger partial charge in [0.05, 0.1) is 6.54 Å². The van der Waals surface area contributed by atoms with Gasteiger partial charge in [-0.15, -0.1) is 11.3 Å². The molecule has 0 bridgehead atoms. The molecule has 0 spiro atoms. The van der Waals surface area contributed by atoms with E-state index in [0.717, 1.165) is 16.4 Å². The average Bonchev–Trinajstić information content (AvgIpc) is 2.67. The summed E-state index contributed by atoms with van der Waals surface area (Å²) in [5.74, 6) is -1.20. The number of carboxylic acids is 1. The first kappa shape index (κ1) is 12.5. The van der Waals surface area contributed by atoms with Gasteiger partial charge in [-0.1, -0.05) is 0 Å². The van der Waals surface area contributed by atoms with Crippen molar-refractivity contribution < 1.29 is 9.90 Å². The van der Waals surface area contributed by atoms with Gasteiger partial charge in [0.2, 0.25) is 0 Å². The Bertz CT molecular complexity index is 658. The Labute approximate surface area is 107 Å². The van der Waals surface area contributed by atoms with E-state index in [4.69, 9.17) is 5.11 Å². The molecule has 6 heteroatoms. The summed E-state index contributed by atoms with van der Waals surface area (Å²) in [6.07, 6.45) is 1.37. The molecule has 0 amide bonds. The van der Waals surface area contributed by atoms with Crippen LogP contribution in [-0.4, -0.2) is 20.6 Å². The van der Waals surface area contributed by atoms with Crippen molar-refractivity contribution in [3.63, 3.8) is 0 Å². The molecule has 0 aliphatic carbocycles. The van der Waals surface area contributed by atoms with Crippen LogP contribution in [0.3, 0.4) is 0 Å². The van der Waals surface area contributed by atoms with Crippen LogP contribution < -0.4 is 5.43 Å². The van der Waals surface area contributed by atoms with E-state index >= 15 is 0 Å². The molecule has 0 saturated carbocycles. The van der Waals surface area contributed by atoms with Crippen LogP contribution in [0.25, 0.3) is 0 Å². The maximum absolute atomic E-state index is 11.5. The van der Waals surface area contributed by atoms with Gasteiger partial charge < -0.3 is 9.67 Å². The molecular formula is C12H12N2O3S. The van der Waals surface area contributed by atoms with Crippen molar-refractivity contribution >= 4 is 17.3 Å². The van der Waals surface area contributed by atoms with Gasteiger partial charge in [0.1, 0.15) is 10.6 Å². The lowest BCUT2D eigenvalue weighted by Crippen LogP contribution is -2.19. The number of pyridine rings is 1. The topological polar surface area (TPSA) is 72.2 Å². The number of aromatic nitrogens is 2. The van der Waals surface area contributed by atoms with Gasteiger partial charge in [0, 0.05) is 29.0 Å². The minimum atomic E-state index is -1.20. The second-order valence-electron chi connectivity index (χ2n) is 4.01. The lowest BCUT2D eigenvalue weighted by molar-refractivity contribution is 0.0694. The lowest BCUT2D eigenvalue weighted by Gasteiger charge is -2.09. The first-order chi connectivity index (χ1) is 8.47. The summed E-state index contributed by atoms with van der Waals surface area (Å²) < 4.78 is 1.73. The van der Waals surface area contributed by atoms with Gasteiger partial charge in [-0.2, -0.15) is 0 Å². The van der Waals surface area contributed by atoms with Crippen LogP contribution in [0.4, 0.5) is 0 Å². The number of nitrogens with zero attached hydrogens (tertiary/aromatic N) is 2. The van der Waals surface area contributed by atoms with Crippen molar-refractivity contribution in [1.82, 2.24) is 9.55 Å². The fourth-order valence-corrected chi connectivity index (χ4v) is 2.39. The monoisotopic (exact) mass is 264 g/mol. The summed E-state index contributed by atoms with van der Waals surface area (Å²) in [5, 5.41) is 11.7. The average molecular weight is 264 g/mol. The number of carbonyl (C=O) groups is 1. The summed E-state index contributed by atoms with van der Waals surface area (Å²) in [7, 11) is 0. The summed E-state index contributed by atoms with van der Waals surface area (Å²) in [6.45, 7) is 4.15. The zero-order chi connectivity index (χ0) is 13.3. The number of hydrogen-bond donors (Lipinski definition) is 1. The van der Waals surface area contributed by atoms with E-state index in [2.05, 4.69) is 4.98 Å². The van der Waals surface area contributed by atoms with Gasteiger partial charge in [0.25, 0.3) is 0 Å². The molecule has 18 heavy (non-hydrogen) atoms. The second-order valence-corrected chi connectivity index (χ2v) is 4.95. The Morgan fingerprint density at radius 1 is 1.50 bits per heavy atom. The lowest BCUT2D eigenvalue weighted by atomic mass is 10.2. The molecule has 2 rings (SSSR count). The first-order valence-corrected chi connectivity index (χ1v) is 6.20. The Kier molecular flexibility index (Phi) is 3.29. The smallest absolute Gasteiger partial charge is 0.341 e. The highest BCUT2D eigenvalue weighted by Crippen LogP contribution is 2.11. The van der Waals surface area contributed by atoms with Gasteiger partial charge in [-0.3, -0.25) is 4.79 Å². The van der Waals surface area contributed by atoms with Crippen LogP contribution in [0.5, 0.6) is 0 Å². The SMILES string of the molecule is Cc1csc(Cn2cc(C(=O)O)c(=O)cc2C)n1. The molecule has 2 heterocycles. The maximum atomic E-state index is 11.5. The molecule has 1 N–H and O–H groups in total. The maximum Gasteiger partial charge on any atom is 0.341 e. The fourth-order valence-electron chi connectivity index (χ4n) is 1.62. The zero-order valence-corrected chi connectivity index (χ0v) is 10.8. The minimum Gasteiger partial charge on any atom is -0.477 e. The van der Waals surface area contributed by atoms with Crippen LogP contribution >= 0.6 is 11.3 Å². The molecule has 0 saturated heterocycles. The van der Waals surface area contributed by atoms with Crippen molar-refractivity contribution in [2.75, 3.05) is 0 Å². The molecular weight excluding hydrogens is 252 g/mol. The van der Waals surface area contributed by atoms with E-state index in [1.165, 1.54) is 23.6 Å². The van der Waals surface area contributed by atoms with E-state index in [0.29, 0.717) is 6.54 Å². The number of aryl methyl sites for hydroxylation is 2. The molecule has 0 aromatic carbocycles. The highest BCUT2D eigenvalue weighted by atomic mass is 32.1. The summed E-state index contributed by atoms with van der Waals surface area (Å²) in [6, 6.07) is 1.34. The number of rotatable bonds is 3. The Morgan fingerprint density at radius 2 is 2.22 bits per heavy atom. The molecule has 2 aromatic heterocycles. The Balaban J connectivity index is 2.41. The van der Waals surface area contributed by atoms with Gasteiger partial charge >= 0.3 is 5.97 Å². The Hall–Kier alpha value is -1.95. The molecule has 0 aliphatic heterocycles. The number of thiazole rings is 1. The Morgan fingerprint density at radius 3 is 2.78 bits per heavy atom. The molecule has 0 unspecified atom stereocenters. The van der Waals surface area contributed by atoms with Crippen molar-refractivity contribution in [1.29, 1.82) is 0 Å². The second kappa shape index (κ2) is 4.73. The van der Waals surface area contributed by atoms with Crippen molar-refractivity contribution in [3.8, 4) is 0 Å². The standard InChI is InChI=1S/C12H12N2O3S/c1-7-6-18-11(13-7)5-14-4-9(12(16)17)10(15)3-8(14)2/h3-4,6H,5H2,1-2H3,(H,16,17). The number of hydrogen-bond acceptors (Lipinski definition) is 4. The van der Waals surface area contributed by atoms with E-state index in [-0.39, 0.29) is 5.56 Å². The highest BCUT2D eigenvalue weighted by Gasteiger charge is 2.11. The quantitative estimate of drug-likeness (QED) is 0.915. The van der Waals surface area contributed by atoms with Gasteiger partial charge in [-0.25, -0.2) is 9.78 Å². The molecule has 0 fully saturated rings. The summed E-state index contributed by atoms with van der Waals surface area (Å²) >= 11 is 1.51. The third kappa shape index (κ3) is 2.48. The zero-order valence-electron chi connectivity index (χ0n) is 10.0. The van der Waals surface area contributed by atoms with E-state index < -0.39 is 11.4 Å². The highest BCUT2D eigenvalue weighted by molar-refractivity contribution is 7.09. The van der Waals surface area contributed by atoms with Crippen LogP contribution in [-0.2, 0) is 6.54 Å². The molecule has 0 radical (unpaired) electrons. The van der Waals surface area contributed by atoms with Crippen molar-refractivity contribution in [2.45, 2.75) is 20.4 Å². The molecule has 0 aliphatic rings. The summed E-state index contributed by atoms with van der Waals surface area (Å²) in [4.78, 5) is 26.7. The van der Waals surface area contributed by atoms with E-state index in [1.807, 2.05) is 12.3 Å². The van der Waals surface area contributed by atoms with Crippen molar-refractivity contribution in [2.24, 2.45) is 0 Å². The first-order valence-electron chi connectivity index (χ1n) is 5.33. The van der Waals surface area contributed by atoms with Gasteiger partial charge in [0.15, 0.2) is 5.43 Å². The van der Waals surface area contributed by atoms with Crippen molar-refractivity contribution in [3.05, 3.63) is 49.8 Å². The van der Waals surface area contributed by atoms with Crippen LogP contribution in [0, 0.1) is 13.8 Å². The number of aromatic carboxylic acids is 1. The normalized spacial score (nSPS) is 10.6. The van der Waals surface area contributed by atoms with Gasteiger partial charge in [-0.05, 0) is 13.8 Å². The third-order valence-corrected chi connectivity index (χ3v) is 3.50.